The Labute approximate surface area is 117 Å². The lowest BCUT2D eigenvalue weighted by Gasteiger charge is -1.98. The molecule has 0 atom stereocenters. The second kappa shape index (κ2) is 4.65. The number of aromatic nitrogens is 1. The summed E-state index contributed by atoms with van der Waals surface area (Å²) in [6, 6.07) is 2.85. The minimum absolute atomic E-state index is 0.0128. The van der Waals surface area contributed by atoms with Gasteiger partial charge in [-0.2, -0.15) is 0 Å². The van der Waals surface area contributed by atoms with Gasteiger partial charge >= 0.3 is 5.97 Å². The van der Waals surface area contributed by atoms with E-state index in [1.165, 1.54) is 0 Å². The Kier molecular flexibility index (Phi) is 2.93. The molecular formula is C13H9FN2O5. The number of carboxylic acid groups (broad SMARTS) is 1. The molecule has 3 rings (SSSR count). The molecule has 0 unspecified atom stereocenters. The summed E-state index contributed by atoms with van der Waals surface area (Å²) in [6.07, 6.45) is 1.58. The number of carbonyl (C=O) groups is 1. The van der Waals surface area contributed by atoms with Crippen molar-refractivity contribution in [1.82, 2.24) is 4.98 Å². The first-order valence-electron chi connectivity index (χ1n) is 6.15. The fourth-order valence-corrected chi connectivity index (χ4v) is 2.07. The van der Waals surface area contributed by atoms with Gasteiger partial charge in [0.25, 0.3) is 5.69 Å². The van der Waals surface area contributed by atoms with Gasteiger partial charge in [0, 0.05) is 12.0 Å². The molecule has 0 radical (unpaired) electrons. The highest BCUT2D eigenvalue weighted by atomic mass is 19.1. The van der Waals surface area contributed by atoms with Crippen molar-refractivity contribution in [1.29, 1.82) is 0 Å². The Balaban J connectivity index is 2.16. The zero-order valence-corrected chi connectivity index (χ0v) is 10.6. The number of benzene rings is 1. The molecule has 7 nitrogen and oxygen atoms in total. The molecular weight excluding hydrogens is 283 g/mol. The molecule has 1 aromatic heterocycles. The lowest BCUT2D eigenvalue weighted by atomic mass is 10.1. The third kappa shape index (κ3) is 2.35. The molecule has 8 heteroatoms. The van der Waals surface area contributed by atoms with Crippen molar-refractivity contribution in [2.45, 2.75) is 18.8 Å². The van der Waals surface area contributed by atoms with Crippen LogP contribution in [0.2, 0.25) is 0 Å². The molecule has 21 heavy (non-hydrogen) atoms. The molecule has 1 aliphatic carbocycles. The highest BCUT2D eigenvalue weighted by molar-refractivity contribution is 5.87. The van der Waals surface area contributed by atoms with E-state index in [-0.39, 0.29) is 28.8 Å². The van der Waals surface area contributed by atoms with Crippen LogP contribution >= 0.6 is 0 Å². The van der Waals surface area contributed by atoms with Gasteiger partial charge in [0.2, 0.25) is 11.7 Å². The number of hydrogen-bond acceptors (Lipinski definition) is 5. The average molecular weight is 292 g/mol. The van der Waals surface area contributed by atoms with E-state index in [0.29, 0.717) is 0 Å². The summed E-state index contributed by atoms with van der Waals surface area (Å²) >= 11 is 0. The molecule has 1 N–H and O–H groups in total. The smallest absolute Gasteiger partial charge is 0.373 e. The minimum atomic E-state index is -1.30. The summed E-state index contributed by atoms with van der Waals surface area (Å²) in [7, 11) is 0. The maximum atomic E-state index is 13.3. The van der Waals surface area contributed by atoms with Crippen LogP contribution in [0.15, 0.2) is 22.6 Å². The second-order valence-corrected chi connectivity index (χ2v) is 4.73. The number of hydrogen-bond donors (Lipinski definition) is 1. The molecule has 0 amide bonds. The monoisotopic (exact) mass is 292 g/mol. The maximum absolute atomic E-state index is 13.3. The Morgan fingerprint density at radius 3 is 2.76 bits per heavy atom. The van der Waals surface area contributed by atoms with Crippen molar-refractivity contribution in [2.75, 3.05) is 0 Å². The number of aromatic carboxylic acids is 1. The van der Waals surface area contributed by atoms with E-state index < -0.39 is 22.4 Å². The molecule has 2 aromatic rings. The maximum Gasteiger partial charge on any atom is 0.373 e. The van der Waals surface area contributed by atoms with Crippen molar-refractivity contribution in [3.63, 3.8) is 0 Å². The first kappa shape index (κ1) is 13.2. The van der Waals surface area contributed by atoms with Gasteiger partial charge in [-0.1, -0.05) is 0 Å². The van der Waals surface area contributed by atoms with Crippen LogP contribution in [-0.4, -0.2) is 21.0 Å². The van der Waals surface area contributed by atoms with E-state index in [4.69, 9.17) is 9.52 Å². The van der Waals surface area contributed by atoms with Gasteiger partial charge in [0.15, 0.2) is 0 Å². The lowest BCUT2D eigenvalue weighted by Crippen LogP contribution is -1.98. The predicted molar refractivity (Wildman–Crippen MR) is 67.5 cm³/mol. The van der Waals surface area contributed by atoms with Crippen molar-refractivity contribution in [3.8, 4) is 11.5 Å². The zero-order chi connectivity index (χ0) is 15.1. The SMILES string of the molecule is O=C(O)c1oc(-c2cc(F)ccc2[N+](=O)[O-])nc1C1CC1. The fraction of sp³-hybridized carbons (Fsp3) is 0.231. The molecule has 1 fully saturated rings. The summed E-state index contributed by atoms with van der Waals surface area (Å²) in [5.41, 5.74) is -0.303. The van der Waals surface area contributed by atoms with E-state index in [9.17, 15) is 19.3 Å². The summed E-state index contributed by atoms with van der Waals surface area (Å²) in [5, 5.41) is 20.1. The summed E-state index contributed by atoms with van der Waals surface area (Å²) < 4.78 is 18.5. The third-order valence-electron chi connectivity index (χ3n) is 3.20. The average Bonchev–Trinajstić information content (AvgIpc) is 3.16. The van der Waals surface area contributed by atoms with Gasteiger partial charge < -0.3 is 9.52 Å². The van der Waals surface area contributed by atoms with Crippen LogP contribution < -0.4 is 0 Å². The third-order valence-corrected chi connectivity index (χ3v) is 3.20. The highest BCUT2D eigenvalue weighted by Gasteiger charge is 2.34. The van der Waals surface area contributed by atoms with Crippen molar-refractivity contribution >= 4 is 11.7 Å². The quantitative estimate of drug-likeness (QED) is 0.685. The highest BCUT2D eigenvalue weighted by Crippen LogP contribution is 2.43. The number of oxazole rings is 1. The van der Waals surface area contributed by atoms with Crippen LogP contribution in [0.25, 0.3) is 11.5 Å². The Morgan fingerprint density at radius 1 is 1.48 bits per heavy atom. The second-order valence-electron chi connectivity index (χ2n) is 4.73. The first-order valence-corrected chi connectivity index (χ1v) is 6.15. The van der Waals surface area contributed by atoms with Gasteiger partial charge in [-0.05, 0) is 25.0 Å². The number of rotatable bonds is 4. The van der Waals surface area contributed by atoms with Gasteiger partial charge in [-0.3, -0.25) is 10.1 Å². The van der Waals surface area contributed by atoms with Gasteiger partial charge in [0.05, 0.1) is 10.6 Å². The number of halogens is 1. The minimum Gasteiger partial charge on any atom is -0.475 e. The lowest BCUT2D eigenvalue weighted by molar-refractivity contribution is -0.384. The molecule has 108 valence electrons. The van der Waals surface area contributed by atoms with E-state index in [1.54, 1.807) is 0 Å². The van der Waals surface area contributed by atoms with Crippen LogP contribution in [0.4, 0.5) is 10.1 Å². The standard InChI is InChI=1S/C13H9FN2O5/c14-7-3-4-9(16(19)20)8(5-7)12-15-10(6-1-2-6)11(21-12)13(17)18/h3-6H,1-2H2,(H,17,18). The molecule has 0 spiro atoms. The van der Waals surface area contributed by atoms with E-state index >= 15 is 0 Å². The molecule has 0 saturated heterocycles. The van der Waals surface area contributed by atoms with Crippen molar-refractivity contribution in [2.24, 2.45) is 0 Å². The Bertz CT molecular complexity index is 751. The number of nitro groups is 1. The van der Waals surface area contributed by atoms with Crippen LogP contribution in [0.5, 0.6) is 0 Å². The number of nitrogens with zero attached hydrogens (tertiary/aromatic N) is 2. The number of nitro benzene ring substituents is 1. The Hall–Kier alpha value is -2.77. The summed E-state index contributed by atoms with van der Waals surface area (Å²) in [4.78, 5) is 25.4. The van der Waals surface area contributed by atoms with Crippen LogP contribution in [0, 0.1) is 15.9 Å². The molecule has 1 aliphatic rings. The molecule has 0 bridgehead atoms. The van der Waals surface area contributed by atoms with Crippen LogP contribution in [0.1, 0.15) is 35.0 Å². The normalized spacial score (nSPS) is 14.1. The van der Waals surface area contributed by atoms with Gasteiger partial charge in [-0.25, -0.2) is 14.2 Å². The molecule has 0 aliphatic heterocycles. The number of carboxylic acids is 1. The predicted octanol–water partition coefficient (Wildman–Crippen LogP) is 2.96. The van der Waals surface area contributed by atoms with Crippen LogP contribution in [0.3, 0.4) is 0 Å². The van der Waals surface area contributed by atoms with Crippen LogP contribution in [-0.2, 0) is 0 Å². The first-order chi connectivity index (χ1) is 9.97. The van der Waals surface area contributed by atoms with Gasteiger partial charge in [0.1, 0.15) is 11.4 Å². The van der Waals surface area contributed by atoms with E-state index in [2.05, 4.69) is 4.98 Å². The molecule has 1 saturated carbocycles. The van der Waals surface area contributed by atoms with Gasteiger partial charge in [-0.15, -0.1) is 0 Å². The molecule has 1 heterocycles. The topological polar surface area (TPSA) is 106 Å². The Morgan fingerprint density at radius 2 is 2.19 bits per heavy atom. The van der Waals surface area contributed by atoms with E-state index in [1.807, 2.05) is 0 Å². The molecule has 1 aromatic carbocycles. The zero-order valence-electron chi connectivity index (χ0n) is 10.6. The summed E-state index contributed by atoms with van der Waals surface area (Å²) in [6.45, 7) is 0. The van der Waals surface area contributed by atoms with Crippen molar-refractivity contribution in [3.05, 3.63) is 45.6 Å². The van der Waals surface area contributed by atoms with Crippen molar-refractivity contribution < 1.29 is 23.6 Å². The van der Waals surface area contributed by atoms with E-state index in [0.717, 1.165) is 31.0 Å². The summed E-state index contributed by atoms with van der Waals surface area (Å²) in [5.74, 6) is -2.60. The largest absolute Gasteiger partial charge is 0.475 e. The fourth-order valence-electron chi connectivity index (χ4n) is 2.07.